The van der Waals surface area contributed by atoms with Gasteiger partial charge in [-0.2, -0.15) is 0 Å². The highest BCUT2D eigenvalue weighted by Crippen LogP contribution is 2.20. The number of aromatic nitrogens is 1. The molecule has 2 rings (SSSR count). The highest BCUT2D eigenvalue weighted by molar-refractivity contribution is 5.34. The monoisotopic (exact) mass is 300 g/mol. The second-order valence-electron chi connectivity index (χ2n) is 5.30. The molecule has 2 N–H and O–H groups in total. The van der Waals surface area contributed by atoms with Crippen LogP contribution in [-0.4, -0.2) is 11.2 Å². The van der Waals surface area contributed by atoms with E-state index in [-0.39, 0.29) is 5.56 Å². The van der Waals surface area contributed by atoms with Crippen molar-refractivity contribution in [3.05, 3.63) is 64.1 Å². The van der Waals surface area contributed by atoms with Crippen molar-refractivity contribution in [3.63, 3.8) is 0 Å². The summed E-state index contributed by atoms with van der Waals surface area (Å²) in [6.07, 6.45) is 3.87. The third-order valence-corrected chi connectivity index (χ3v) is 3.69. The first-order valence-electron chi connectivity index (χ1n) is 7.85. The predicted octanol–water partition coefficient (Wildman–Crippen LogP) is 3.10. The van der Waals surface area contributed by atoms with Crippen LogP contribution >= 0.6 is 0 Å². The normalized spacial score (nSPS) is 12.1. The van der Waals surface area contributed by atoms with Crippen molar-refractivity contribution in [2.75, 3.05) is 6.61 Å². The second-order valence-corrected chi connectivity index (χ2v) is 5.30. The van der Waals surface area contributed by atoms with Crippen molar-refractivity contribution in [2.45, 2.75) is 39.3 Å². The number of aryl methyl sites for hydroxylation is 1. The highest BCUT2D eigenvalue weighted by atomic mass is 16.5. The van der Waals surface area contributed by atoms with E-state index in [4.69, 9.17) is 10.5 Å². The van der Waals surface area contributed by atoms with Gasteiger partial charge in [-0.1, -0.05) is 31.5 Å². The topological polar surface area (TPSA) is 57.2 Å². The van der Waals surface area contributed by atoms with Gasteiger partial charge in [-0.25, -0.2) is 0 Å². The van der Waals surface area contributed by atoms with E-state index in [0.29, 0.717) is 12.2 Å². The van der Waals surface area contributed by atoms with Crippen molar-refractivity contribution in [2.24, 2.45) is 5.73 Å². The van der Waals surface area contributed by atoms with E-state index in [0.717, 1.165) is 30.7 Å². The largest absolute Gasteiger partial charge is 0.494 e. The first kappa shape index (κ1) is 16.3. The van der Waals surface area contributed by atoms with E-state index < -0.39 is 6.04 Å². The molecular weight excluding hydrogens is 276 g/mol. The van der Waals surface area contributed by atoms with Gasteiger partial charge in [0.25, 0.3) is 5.56 Å². The SMILES string of the molecule is CCCCn1cccc(C(N)c2ccc(OCC)cc2)c1=O. The summed E-state index contributed by atoms with van der Waals surface area (Å²) in [5.41, 5.74) is 7.82. The molecule has 0 bridgehead atoms. The molecule has 1 atom stereocenters. The molecule has 0 saturated heterocycles. The van der Waals surface area contributed by atoms with E-state index >= 15 is 0 Å². The Labute approximate surface area is 131 Å². The number of hydrogen-bond acceptors (Lipinski definition) is 3. The smallest absolute Gasteiger partial charge is 0.255 e. The number of benzene rings is 1. The van der Waals surface area contributed by atoms with Gasteiger partial charge in [-0.15, -0.1) is 0 Å². The molecule has 0 aliphatic carbocycles. The van der Waals surface area contributed by atoms with Crippen molar-refractivity contribution >= 4 is 0 Å². The summed E-state index contributed by atoms with van der Waals surface area (Å²) in [7, 11) is 0. The summed E-state index contributed by atoms with van der Waals surface area (Å²) in [6.45, 7) is 5.42. The Kier molecular flexibility index (Phi) is 5.78. The average Bonchev–Trinajstić information content (AvgIpc) is 2.54. The van der Waals surface area contributed by atoms with Gasteiger partial charge >= 0.3 is 0 Å². The summed E-state index contributed by atoms with van der Waals surface area (Å²) < 4.78 is 7.17. The maximum atomic E-state index is 12.5. The number of ether oxygens (including phenoxy) is 1. The second kappa shape index (κ2) is 7.80. The van der Waals surface area contributed by atoms with Gasteiger partial charge in [0.05, 0.1) is 12.6 Å². The fraction of sp³-hybridized carbons (Fsp3) is 0.389. The van der Waals surface area contributed by atoms with Crippen LogP contribution in [0.2, 0.25) is 0 Å². The number of nitrogens with zero attached hydrogens (tertiary/aromatic N) is 1. The molecule has 1 unspecified atom stereocenters. The molecule has 0 aliphatic rings. The fourth-order valence-corrected chi connectivity index (χ4v) is 2.41. The third-order valence-electron chi connectivity index (χ3n) is 3.69. The predicted molar refractivity (Wildman–Crippen MR) is 89.3 cm³/mol. The third kappa shape index (κ3) is 3.77. The van der Waals surface area contributed by atoms with Crippen molar-refractivity contribution < 1.29 is 4.74 Å². The molecular formula is C18H24N2O2. The molecule has 4 heteroatoms. The average molecular weight is 300 g/mol. The van der Waals surface area contributed by atoms with Crippen LogP contribution in [0.15, 0.2) is 47.4 Å². The van der Waals surface area contributed by atoms with Crippen molar-refractivity contribution in [1.82, 2.24) is 4.57 Å². The van der Waals surface area contributed by atoms with E-state index in [1.807, 2.05) is 49.5 Å². The molecule has 22 heavy (non-hydrogen) atoms. The molecule has 118 valence electrons. The summed E-state index contributed by atoms with van der Waals surface area (Å²) in [6, 6.07) is 10.9. The molecule has 2 aromatic rings. The molecule has 1 aromatic carbocycles. The molecule has 0 fully saturated rings. The lowest BCUT2D eigenvalue weighted by Crippen LogP contribution is -2.28. The fourth-order valence-electron chi connectivity index (χ4n) is 2.41. The summed E-state index contributed by atoms with van der Waals surface area (Å²) in [4.78, 5) is 12.5. The lowest BCUT2D eigenvalue weighted by molar-refractivity contribution is 0.340. The summed E-state index contributed by atoms with van der Waals surface area (Å²) in [5.74, 6) is 0.812. The lowest BCUT2D eigenvalue weighted by Gasteiger charge is -2.14. The molecule has 0 aliphatic heterocycles. The van der Waals surface area contributed by atoms with Crippen LogP contribution in [-0.2, 0) is 6.54 Å². The van der Waals surface area contributed by atoms with Gasteiger partial charge in [0.2, 0.25) is 0 Å². The number of unbranched alkanes of at least 4 members (excludes halogenated alkanes) is 1. The molecule has 1 aromatic heterocycles. The summed E-state index contributed by atoms with van der Waals surface area (Å²) in [5, 5.41) is 0. The van der Waals surface area contributed by atoms with E-state index in [2.05, 4.69) is 6.92 Å². The van der Waals surface area contributed by atoms with Gasteiger partial charge < -0.3 is 15.0 Å². The van der Waals surface area contributed by atoms with Crippen LogP contribution in [0.4, 0.5) is 0 Å². The van der Waals surface area contributed by atoms with Gasteiger partial charge in [0, 0.05) is 18.3 Å². The molecule has 0 saturated carbocycles. The maximum absolute atomic E-state index is 12.5. The Hall–Kier alpha value is -2.07. The minimum atomic E-state index is -0.419. The number of pyridine rings is 1. The minimum Gasteiger partial charge on any atom is -0.494 e. The zero-order valence-electron chi connectivity index (χ0n) is 13.3. The van der Waals surface area contributed by atoms with E-state index in [9.17, 15) is 4.79 Å². The Bertz CT molecular complexity index is 647. The van der Waals surface area contributed by atoms with Crippen LogP contribution < -0.4 is 16.0 Å². The molecule has 4 nitrogen and oxygen atoms in total. The summed E-state index contributed by atoms with van der Waals surface area (Å²) >= 11 is 0. The Morgan fingerprint density at radius 1 is 1.18 bits per heavy atom. The minimum absolute atomic E-state index is 0.00247. The van der Waals surface area contributed by atoms with Crippen LogP contribution in [0.1, 0.15) is 43.9 Å². The van der Waals surface area contributed by atoms with Crippen LogP contribution in [0.25, 0.3) is 0 Å². The Balaban J connectivity index is 2.25. The van der Waals surface area contributed by atoms with Crippen LogP contribution in [0.5, 0.6) is 5.75 Å². The quantitative estimate of drug-likeness (QED) is 0.855. The maximum Gasteiger partial charge on any atom is 0.255 e. The van der Waals surface area contributed by atoms with E-state index in [1.165, 1.54) is 0 Å². The van der Waals surface area contributed by atoms with Gasteiger partial charge in [-0.3, -0.25) is 4.79 Å². The highest BCUT2D eigenvalue weighted by Gasteiger charge is 2.14. The first-order valence-corrected chi connectivity index (χ1v) is 7.85. The Morgan fingerprint density at radius 2 is 1.91 bits per heavy atom. The van der Waals surface area contributed by atoms with Crippen LogP contribution in [0.3, 0.4) is 0 Å². The Morgan fingerprint density at radius 3 is 2.55 bits per heavy atom. The van der Waals surface area contributed by atoms with Crippen molar-refractivity contribution in [1.29, 1.82) is 0 Å². The van der Waals surface area contributed by atoms with Gasteiger partial charge in [-0.05, 0) is 37.1 Å². The molecule has 1 heterocycles. The molecule has 0 amide bonds. The van der Waals surface area contributed by atoms with Crippen molar-refractivity contribution in [3.8, 4) is 5.75 Å². The lowest BCUT2D eigenvalue weighted by atomic mass is 10.0. The van der Waals surface area contributed by atoms with Gasteiger partial charge in [0.15, 0.2) is 0 Å². The van der Waals surface area contributed by atoms with E-state index in [1.54, 1.807) is 4.57 Å². The zero-order valence-corrected chi connectivity index (χ0v) is 13.3. The molecule has 0 radical (unpaired) electrons. The number of rotatable bonds is 7. The first-order chi connectivity index (χ1) is 10.7. The zero-order chi connectivity index (χ0) is 15.9. The molecule has 0 spiro atoms. The van der Waals surface area contributed by atoms with Gasteiger partial charge in [0.1, 0.15) is 5.75 Å². The number of hydrogen-bond donors (Lipinski definition) is 1. The van der Waals surface area contributed by atoms with Crippen LogP contribution in [0, 0.1) is 0 Å². The number of nitrogens with two attached hydrogens (primary N) is 1. The standard InChI is InChI=1S/C18H24N2O2/c1-3-5-12-20-13-6-7-16(18(20)21)17(19)14-8-10-15(11-9-14)22-4-2/h6-11,13,17H,3-5,12,19H2,1-2H3.